The minimum absolute atomic E-state index is 0.397. The molecule has 0 radical (unpaired) electrons. The standard InChI is InChI=1S/C11H12BrF2O4P/c1-17-19(16,18-2)7-10(15)11(13,14)8-4-3-5-9(12)6-8/h3-7,15H,1-2H3/b10-7-. The monoisotopic (exact) mass is 356 g/mol. The molecule has 0 aliphatic carbocycles. The van der Waals surface area contributed by atoms with E-state index in [1.807, 2.05) is 0 Å². The highest BCUT2D eigenvalue weighted by Crippen LogP contribution is 2.51. The molecule has 0 saturated carbocycles. The number of hydrogen-bond donors (Lipinski definition) is 1. The van der Waals surface area contributed by atoms with Crippen molar-refractivity contribution in [3.05, 3.63) is 45.9 Å². The number of halogens is 3. The molecule has 0 heterocycles. The summed E-state index contributed by atoms with van der Waals surface area (Å²) in [4.78, 5) is 0. The van der Waals surface area contributed by atoms with Gasteiger partial charge in [-0.05, 0) is 12.1 Å². The third kappa shape index (κ3) is 3.86. The van der Waals surface area contributed by atoms with Crippen LogP contribution in [0.25, 0.3) is 0 Å². The lowest BCUT2D eigenvalue weighted by molar-refractivity contribution is -0.00515. The molecule has 0 atom stereocenters. The maximum Gasteiger partial charge on any atom is 0.357 e. The highest BCUT2D eigenvalue weighted by Gasteiger charge is 2.39. The summed E-state index contributed by atoms with van der Waals surface area (Å²) in [5, 5.41) is 9.48. The molecule has 0 saturated heterocycles. The molecule has 1 N–H and O–H groups in total. The number of alkyl halides is 2. The number of rotatable bonds is 5. The van der Waals surface area contributed by atoms with Gasteiger partial charge in [0.2, 0.25) is 0 Å². The summed E-state index contributed by atoms with van der Waals surface area (Å²) in [6.45, 7) is 0. The van der Waals surface area contributed by atoms with Gasteiger partial charge in [-0.1, -0.05) is 28.1 Å². The summed E-state index contributed by atoms with van der Waals surface area (Å²) in [6, 6.07) is 5.25. The highest BCUT2D eigenvalue weighted by molar-refractivity contribution is 9.10. The summed E-state index contributed by atoms with van der Waals surface area (Å²) in [5.74, 6) is -4.69. The van der Waals surface area contributed by atoms with Crippen molar-refractivity contribution in [2.45, 2.75) is 5.92 Å². The van der Waals surface area contributed by atoms with Crippen LogP contribution in [0.3, 0.4) is 0 Å². The van der Waals surface area contributed by atoms with E-state index in [-0.39, 0.29) is 0 Å². The number of hydrogen-bond acceptors (Lipinski definition) is 4. The molecule has 0 amide bonds. The molecule has 4 nitrogen and oxygen atoms in total. The summed E-state index contributed by atoms with van der Waals surface area (Å²) < 4.78 is 49.0. The Hall–Kier alpha value is -0.750. The Labute approximate surface area is 117 Å². The average molecular weight is 357 g/mol. The highest BCUT2D eigenvalue weighted by atomic mass is 79.9. The van der Waals surface area contributed by atoms with Gasteiger partial charge in [-0.25, -0.2) is 0 Å². The van der Waals surface area contributed by atoms with Crippen LogP contribution in [0.5, 0.6) is 0 Å². The third-order valence-electron chi connectivity index (χ3n) is 2.30. The smallest absolute Gasteiger partial charge is 0.357 e. The maximum absolute atomic E-state index is 14.0. The molecule has 0 fully saturated rings. The second-order valence-electron chi connectivity index (χ2n) is 3.50. The Bertz CT molecular complexity index is 525. The summed E-state index contributed by atoms with van der Waals surface area (Å²) >= 11 is 3.05. The lowest BCUT2D eigenvalue weighted by Gasteiger charge is -2.18. The van der Waals surface area contributed by atoms with Gasteiger partial charge in [0, 0.05) is 24.3 Å². The zero-order valence-electron chi connectivity index (χ0n) is 10.1. The molecule has 0 spiro atoms. The predicted octanol–water partition coefficient (Wildman–Crippen LogP) is 4.43. The van der Waals surface area contributed by atoms with E-state index in [0.717, 1.165) is 26.4 Å². The van der Waals surface area contributed by atoms with E-state index in [0.29, 0.717) is 10.3 Å². The molecule has 0 unspecified atom stereocenters. The normalized spacial score (nSPS) is 13.6. The van der Waals surface area contributed by atoms with Crippen molar-refractivity contribution in [2.75, 3.05) is 14.2 Å². The second-order valence-corrected chi connectivity index (χ2v) is 6.49. The predicted molar refractivity (Wildman–Crippen MR) is 70.4 cm³/mol. The Balaban J connectivity index is 3.20. The fourth-order valence-electron chi connectivity index (χ4n) is 1.24. The number of benzene rings is 1. The molecule has 19 heavy (non-hydrogen) atoms. The van der Waals surface area contributed by atoms with Gasteiger partial charge in [0.1, 0.15) is 0 Å². The first-order valence-corrected chi connectivity index (χ1v) is 7.43. The Morgan fingerprint density at radius 3 is 2.47 bits per heavy atom. The zero-order chi connectivity index (χ0) is 14.7. The summed E-state index contributed by atoms with van der Waals surface area (Å²) in [5.41, 5.74) is -0.450. The van der Waals surface area contributed by atoms with Crippen LogP contribution >= 0.6 is 23.5 Å². The molecule has 106 valence electrons. The van der Waals surface area contributed by atoms with Crippen LogP contribution in [-0.2, 0) is 19.5 Å². The van der Waals surface area contributed by atoms with Crippen LogP contribution in [0.4, 0.5) is 8.78 Å². The van der Waals surface area contributed by atoms with Crippen LogP contribution in [0.15, 0.2) is 40.3 Å². The molecule has 0 aromatic heterocycles. The van der Waals surface area contributed by atoms with Crippen molar-refractivity contribution >= 4 is 23.5 Å². The Morgan fingerprint density at radius 1 is 1.42 bits per heavy atom. The van der Waals surface area contributed by atoms with Gasteiger partial charge in [0.25, 0.3) is 0 Å². The van der Waals surface area contributed by atoms with E-state index in [1.54, 1.807) is 6.07 Å². The molecule has 0 aliphatic rings. The Kier molecular flexibility index (Phi) is 5.26. The van der Waals surface area contributed by atoms with Crippen LogP contribution in [0, 0.1) is 0 Å². The molecule has 0 aliphatic heterocycles. The van der Waals surface area contributed by atoms with Gasteiger partial charge in [-0.2, -0.15) is 8.78 Å². The van der Waals surface area contributed by atoms with E-state index >= 15 is 0 Å². The number of aliphatic hydroxyl groups is 1. The van der Waals surface area contributed by atoms with Crippen LogP contribution < -0.4 is 0 Å². The molecule has 1 aromatic carbocycles. The van der Waals surface area contributed by atoms with Crippen LogP contribution in [0.2, 0.25) is 0 Å². The van der Waals surface area contributed by atoms with Gasteiger partial charge in [0.05, 0.1) is 5.82 Å². The minimum atomic E-state index is -3.87. The van der Waals surface area contributed by atoms with Crippen molar-refractivity contribution in [1.29, 1.82) is 0 Å². The first-order chi connectivity index (χ1) is 8.75. The molecular formula is C11H12BrF2O4P. The van der Waals surface area contributed by atoms with Crippen LogP contribution in [-0.4, -0.2) is 19.3 Å². The minimum Gasteiger partial charge on any atom is -0.506 e. The van der Waals surface area contributed by atoms with Gasteiger partial charge in [-0.15, -0.1) is 0 Å². The lowest BCUT2D eigenvalue weighted by atomic mass is 10.1. The first kappa shape index (κ1) is 16.3. The van der Waals surface area contributed by atoms with E-state index in [9.17, 15) is 18.5 Å². The first-order valence-electron chi connectivity index (χ1n) is 5.02. The SMILES string of the molecule is COP(=O)(/C=C(\O)C(F)(F)c1cccc(Br)c1)OC. The fourth-order valence-corrected chi connectivity index (χ4v) is 2.46. The third-order valence-corrected chi connectivity index (χ3v) is 4.37. The quantitative estimate of drug-likeness (QED) is 0.626. The Morgan fingerprint density at radius 2 is 2.00 bits per heavy atom. The summed E-state index contributed by atoms with van der Waals surface area (Å²) in [6.07, 6.45) is 0. The van der Waals surface area contributed by atoms with E-state index in [1.165, 1.54) is 6.07 Å². The average Bonchev–Trinajstić information content (AvgIpc) is 2.38. The van der Waals surface area contributed by atoms with Crippen molar-refractivity contribution in [3.8, 4) is 0 Å². The van der Waals surface area contributed by atoms with E-state index < -0.39 is 24.8 Å². The van der Waals surface area contributed by atoms with Crippen molar-refractivity contribution in [1.82, 2.24) is 0 Å². The van der Waals surface area contributed by atoms with Crippen molar-refractivity contribution < 1.29 is 27.5 Å². The largest absolute Gasteiger partial charge is 0.506 e. The zero-order valence-corrected chi connectivity index (χ0v) is 12.6. The maximum atomic E-state index is 14.0. The van der Waals surface area contributed by atoms with Crippen LogP contribution in [0.1, 0.15) is 5.56 Å². The molecule has 1 rings (SSSR count). The molecular weight excluding hydrogens is 345 g/mol. The fraction of sp³-hybridized carbons (Fsp3) is 0.273. The molecule has 1 aromatic rings. The van der Waals surface area contributed by atoms with Gasteiger partial charge < -0.3 is 14.2 Å². The number of allylic oxidation sites excluding steroid dienone is 1. The number of aliphatic hydroxyl groups excluding tert-OH is 1. The van der Waals surface area contributed by atoms with E-state index in [4.69, 9.17) is 0 Å². The second kappa shape index (κ2) is 6.13. The lowest BCUT2D eigenvalue weighted by Crippen LogP contribution is -2.16. The van der Waals surface area contributed by atoms with Crippen molar-refractivity contribution in [2.24, 2.45) is 0 Å². The van der Waals surface area contributed by atoms with Gasteiger partial charge >= 0.3 is 13.5 Å². The van der Waals surface area contributed by atoms with Gasteiger partial charge in [-0.3, -0.25) is 4.57 Å². The van der Waals surface area contributed by atoms with E-state index in [2.05, 4.69) is 25.0 Å². The molecule has 0 bridgehead atoms. The molecule has 8 heteroatoms. The van der Waals surface area contributed by atoms with Crippen molar-refractivity contribution in [3.63, 3.8) is 0 Å². The van der Waals surface area contributed by atoms with Gasteiger partial charge in [0.15, 0.2) is 5.76 Å². The summed E-state index contributed by atoms with van der Waals surface area (Å²) in [7, 11) is -1.80. The topological polar surface area (TPSA) is 55.8 Å².